The Balaban J connectivity index is 2.03. The molecule has 24 heavy (non-hydrogen) atoms. The van der Waals surface area contributed by atoms with E-state index in [2.05, 4.69) is 31.0 Å². The quantitative estimate of drug-likeness (QED) is 0.723. The summed E-state index contributed by atoms with van der Waals surface area (Å²) in [6.07, 6.45) is 0. The number of amides is 1. The van der Waals surface area contributed by atoms with Crippen molar-refractivity contribution in [3.63, 3.8) is 0 Å². The molecule has 0 N–H and O–H groups in total. The maximum Gasteiger partial charge on any atom is 0.279 e. The Morgan fingerprint density at radius 3 is 2.42 bits per heavy atom. The molecule has 0 unspecified atom stereocenters. The maximum absolute atomic E-state index is 12.5. The Labute approximate surface area is 145 Å². The monoisotopic (exact) mass is 340 g/mol. The fourth-order valence-electron chi connectivity index (χ4n) is 2.68. The van der Waals surface area contributed by atoms with Crippen molar-refractivity contribution in [1.29, 1.82) is 0 Å². The molecule has 1 amide bonds. The molecule has 1 heterocycles. The van der Waals surface area contributed by atoms with Crippen molar-refractivity contribution >= 4 is 27.5 Å². The van der Waals surface area contributed by atoms with Gasteiger partial charge < -0.3 is 9.30 Å². The van der Waals surface area contributed by atoms with Crippen LogP contribution in [0.4, 0.5) is 0 Å². The number of nitrogens with zero attached hydrogens (tertiary/aromatic N) is 2. The lowest BCUT2D eigenvalue weighted by Crippen LogP contribution is -2.13. The van der Waals surface area contributed by atoms with Crippen LogP contribution in [0.2, 0.25) is 0 Å². The van der Waals surface area contributed by atoms with E-state index in [1.807, 2.05) is 18.5 Å². The number of thiazole rings is 1. The molecule has 124 valence electrons. The summed E-state index contributed by atoms with van der Waals surface area (Å²) in [6, 6.07) is 11.3. The van der Waals surface area contributed by atoms with E-state index in [4.69, 9.17) is 4.74 Å². The van der Waals surface area contributed by atoms with E-state index in [1.54, 1.807) is 35.6 Å². The summed E-state index contributed by atoms with van der Waals surface area (Å²) < 4.78 is 8.57. The minimum atomic E-state index is -0.240. The molecule has 5 heteroatoms. The highest BCUT2D eigenvalue weighted by atomic mass is 32.1. The number of aryl methyl sites for hydroxylation is 3. The normalized spacial score (nSPS) is 11.9. The number of benzene rings is 2. The summed E-state index contributed by atoms with van der Waals surface area (Å²) in [6.45, 7) is 6.69. The highest BCUT2D eigenvalue weighted by molar-refractivity contribution is 7.16. The lowest BCUT2D eigenvalue weighted by atomic mass is 10.1. The second-order valence-corrected chi connectivity index (χ2v) is 6.67. The predicted octanol–water partition coefficient (Wildman–Crippen LogP) is 4.00. The van der Waals surface area contributed by atoms with Crippen LogP contribution >= 0.6 is 11.3 Å². The van der Waals surface area contributed by atoms with Crippen LogP contribution in [-0.4, -0.2) is 17.1 Å². The summed E-state index contributed by atoms with van der Waals surface area (Å²) in [5, 5.41) is 0. The zero-order chi connectivity index (χ0) is 17.3. The Bertz CT molecular complexity index is 965. The van der Waals surface area contributed by atoms with Crippen molar-refractivity contribution in [3.05, 3.63) is 57.9 Å². The zero-order valence-corrected chi connectivity index (χ0v) is 15.1. The molecule has 1 aromatic heterocycles. The molecule has 0 aliphatic carbocycles. The molecule has 0 saturated heterocycles. The average Bonchev–Trinajstić information content (AvgIpc) is 2.90. The summed E-state index contributed by atoms with van der Waals surface area (Å²) >= 11 is 1.55. The number of carbonyl (C=O) groups is 1. The number of carbonyl (C=O) groups excluding carboxylic acids is 1. The SMILES string of the molecule is CCOc1ccc(C(=O)N=c2sc3c(C)ccc(C)c3n2C)cc1. The van der Waals surface area contributed by atoms with Gasteiger partial charge in [-0.15, -0.1) is 0 Å². The molecule has 3 rings (SSSR count). The Kier molecular flexibility index (Phi) is 4.53. The summed E-state index contributed by atoms with van der Waals surface area (Å²) in [5.41, 5.74) is 4.08. The number of hydrogen-bond acceptors (Lipinski definition) is 3. The van der Waals surface area contributed by atoms with Gasteiger partial charge in [0, 0.05) is 12.6 Å². The van der Waals surface area contributed by atoms with Gasteiger partial charge in [0.15, 0.2) is 4.80 Å². The lowest BCUT2D eigenvalue weighted by Gasteiger charge is -2.03. The zero-order valence-electron chi connectivity index (χ0n) is 14.3. The molecule has 0 fully saturated rings. The minimum Gasteiger partial charge on any atom is -0.494 e. The van der Waals surface area contributed by atoms with Crippen LogP contribution < -0.4 is 9.54 Å². The van der Waals surface area contributed by atoms with Crippen LogP contribution in [0, 0.1) is 13.8 Å². The van der Waals surface area contributed by atoms with E-state index < -0.39 is 0 Å². The van der Waals surface area contributed by atoms with Gasteiger partial charge in [0.05, 0.1) is 16.8 Å². The molecule has 3 aromatic rings. The molecular formula is C19H20N2O2S. The van der Waals surface area contributed by atoms with E-state index in [0.717, 1.165) is 11.3 Å². The van der Waals surface area contributed by atoms with Crippen LogP contribution in [0.5, 0.6) is 5.75 Å². The van der Waals surface area contributed by atoms with Gasteiger partial charge in [-0.2, -0.15) is 4.99 Å². The van der Waals surface area contributed by atoms with E-state index in [9.17, 15) is 4.79 Å². The Hall–Kier alpha value is -2.40. The lowest BCUT2D eigenvalue weighted by molar-refractivity contribution is 0.0998. The van der Waals surface area contributed by atoms with Gasteiger partial charge in [0.2, 0.25) is 0 Å². The first kappa shape index (κ1) is 16.5. The van der Waals surface area contributed by atoms with E-state index in [-0.39, 0.29) is 5.91 Å². The van der Waals surface area contributed by atoms with Crippen molar-refractivity contribution < 1.29 is 9.53 Å². The van der Waals surface area contributed by atoms with E-state index >= 15 is 0 Å². The van der Waals surface area contributed by atoms with Crippen molar-refractivity contribution in [1.82, 2.24) is 4.57 Å². The van der Waals surface area contributed by atoms with Gasteiger partial charge in [-0.05, 0) is 56.2 Å². The number of fused-ring (bicyclic) bond motifs is 1. The number of aromatic nitrogens is 1. The third-order valence-corrected chi connectivity index (χ3v) is 5.22. The summed E-state index contributed by atoms with van der Waals surface area (Å²) in [4.78, 5) is 17.5. The van der Waals surface area contributed by atoms with E-state index in [1.165, 1.54) is 15.8 Å². The fraction of sp³-hybridized carbons (Fsp3) is 0.263. The van der Waals surface area contributed by atoms with Gasteiger partial charge in [-0.25, -0.2) is 0 Å². The first-order chi connectivity index (χ1) is 11.5. The molecule has 0 radical (unpaired) electrons. The molecule has 0 spiro atoms. The van der Waals surface area contributed by atoms with Crippen molar-refractivity contribution in [2.75, 3.05) is 6.61 Å². The topological polar surface area (TPSA) is 43.6 Å². The van der Waals surface area contributed by atoms with Crippen molar-refractivity contribution in [2.24, 2.45) is 12.0 Å². The molecule has 0 aliphatic heterocycles. The van der Waals surface area contributed by atoms with Crippen LogP contribution in [0.15, 0.2) is 41.4 Å². The Morgan fingerprint density at radius 2 is 1.79 bits per heavy atom. The minimum absolute atomic E-state index is 0.240. The first-order valence-corrected chi connectivity index (χ1v) is 8.70. The number of ether oxygens (including phenoxy) is 1. The van der Waals surface area contributed by atoms with Gasteiger partial charge in [0.1, 0.15) is 5.75 Å². The van der Waals surface area contributed by atoms with Crippen LogP contribution in [0.3, 0.4) is 0 Å². The smallest absolute Gasteiger partial charge is 0.279 e. The molecule has 4 nitrogen and oxygen atoms in total. The molecule has 0 atom stereocenters. The molecule has 0 bridgehead atoms. The second kappa shape index (κ2) is 6.61. The summed E-state index contributed by atoms with van der Waals surface area (Å²) in [7, 11) is 1.95. The van der Waals surface area contributed by atoms with Crippen LogP contribution in [-0.2, 0) is 7.05 Å². The van der Waals surface area contributed by atoms with Gasteiger partial charge in [-0.3, -0.25) is 4.79 Å². The Morgan fingerprint density at radius 1 is 1.12 bits per heavy atom. The second-order valence-electron chi connectivity index (χ2n) is 5.70. The summed E-state index contributed by atoms with van der Waals surface area (Å²) in [5.74, 6) is 0.517. The number of hydrogen-bond donors (Lipinski definition) is 0. The first-order valence-electron chi connectivity index (χ1n) is 7.89. The standard InChI is InChI=1S/C19H20N2O2S/c1-5-23-15-10-8-14(9-11-15)18(22)20-19-21(4)16-12(2)6-7-13(3)17(16)24-19/h6-11H,5H2,1-4H3. The maximum atomic E-state index is 12.5. The van der Waals surface area contributed by atoms with Gasteiger partial charge in [-0.1, -0.05) is 23.5 Å². The van der Waals surface area contributed by atoms with Crippen LogP contribution in [0.1, 0.15) is 28.4 Å². The highest BCUT2D eigenvalue weighted by Gasteiger charge is 2.10. The molecule has 0 saturated carbocycles. The highest BCUT2D eigenvalue weighted by Crippen LogP contribution is 2.24. The van der Waals surface area contributed by atoms with E-state index in [0.29, 0.717) is 17.0 Å². The van der Waals surface area contributed by atoms with Gasteiger partial charge >= 0.3 is 0 Å². The predicted molar refractivity (Wildman–Crippen MR) is 97.8 cm³/mol. The molecule has 0 aliphatic rings. The number of rotatable bonds is 3. The van der Waals surface area contributed by atoms with Crippen molar-refractivity contribution in [3.8, 4) is 5.75 Å². The molecular weight excluding hydrogens is 320 g/mol. The van der Waals surface area contributed by atoms with Crippen molar-refractivity contribution in [2.45, 2.75) is 20.8 Å². The molecule has 2 aromatic carbocycles. The third kappa shape index (κ3) is 2.99. The fourth-order valence-corrected chi connectivity index (χ4v) is 3.84. The average molecular weight is 340 g/mol. The van der Waals surface area contributed by atoms with Gasteiger partial charge in [0.25, 0.3) is 5.91 Å². The van der Waals surface area contributed by atoms with Crippen LogP contribution in [0.25, 0.3) is 10.2 Å². The third-order valence-electron chi connectivity index (χ3n) is 3.96. The largest absolute Gasteiger partial charge is 0.494 e.